The van der Waals surface area contributed by atoms with Gasteiger partial charge in [0.1, 0.15) is 29.5 Å². The average molecular weight is 496 g/mol. The number of methoxy groups -OCH3 is 1. The zero-order valence-electron chi connectivity index (χ0n) is 22.7. The lowest BCUT2D eigenvalue weighted by Crippen LogP contribution is -2.57. The van der Waals surface area contributed by atoms with Gasteiger partial charge in [-0.2, -0.15) is 0 Å². The molecule has 0 aromatic carbocycles. The molecule has 3 rings (SSSR count). The van der Waals surface area contributed by atoms with Crippen LogP contribution in [0.3, 0.4) is 0 Å². The molecule has 1 saturated carbocycles. The lowest BCUT2D eigenvalue weighted by atomic mass is 9.68. The van der Waals surface area contributed by atoms with Crippen molar-refractivity contribution < 1.29 is 28.5 Å². The predicted molar refractivity (Wildman–Crippen MR) is 133 cm³/mol. The van der Waals surface area contributed by atoms with Crippen molar-refractivity contribution in [1.29, 1.82) is 0 Å². The first-order valence-corrected chi connectivity index (χ1v) is 12.8. The summed E-state index contributed by atoms with van der Waals surface area (Å²) < 4.78 is 24.0. The van der Waals surface area contributed by atoms with Crippen LogP contribution in [-0.4, -0.2) is 93.4 Å². The number of ether oxygens (including phenoxy) is 4. The van der Waals surface area contributed by atoms with Crippen molar-refractivity contribution in [2.24, 2.45) is 11.8 Å². The molecule has 2 N–H and O–H groups in total. The first kappa shape index (κ1) is 27.9. The molecule has 9 heteroatoms. The molecule has 1 aliphatic carbocycles. The molecule has 2 aliphatic heterocycles. The van der Waals surface area contributed by atoms with Gasteiger partial charge < -0.3 is 34.5 Å². The molecule has 0 radical (unpaired) electrons. The number of hydrogen-bond acceptors (Lipinski definition) is 7. The summed E-state index contributed by atoms with van der Waals surface area (Å²) in [5.74, 6) is -0.343. The number of nitrogens with zero attached hydrogens (tertiary/aromatic N) is 1. The van der Waals surface area contributed by atoms with Gasteiger partial charge in [-0.3, -0.25) is 4.79 Å². The van der Waals surface area contributed by atoms with Gasteiger partial charge >= 0.3 is 6.09 Å². The first-order chi connectivity index (χ1) is 16.4. The Kier molecular flexibility index (Phi) is 8.89. The molecule has 0 aromatic rings. The van der Waals surface area contributed by atoms with E-state index in [1.807, 2.05) is 32.8 Å². The van der Waals surface area contributed by atoms with E-state index in [1.54, 1.807) is 7.11 Å². The van der Waals surface area contributed by atoms with Crippen LogP contribution in [-0.2, 0) is 23.7 Å². The molecular formula is C26H45N3O6. The molecule has 1 spiro atoms. The third kappa shape index (κ3) is 6.56. The molecule has 2 heterocycles. The summed E-state index contributed by atoms with van der Waals surface area (Å²) in [5.41, 5.74) is 0.586. The Morgan fingerprint density at radius 1 is 1.26 bits per heavy atom. The Labute approximate surface area is 210 Å². The number of nitrogens with one attached hydrogen (secondary N) is 2. The minimum Gasteiger partial charge on any atom is -0.443 e. The predicted octanol–water partition coefficient (Wildman–Crippen LogP) is 2.49. The highest BCUT2D eigenvalue weighted by molar-refractivity contribution is 5.85. The van der Waals surface area contributed by atoms with Gasteiger partial charge in [0.2, 0.25) is 5.91 Å². The van der Waals surface area contributed by atoms with E-state index in [1.165, 1.54) is 5.57 Å². The standard InChI is InChI=1S/C26H45N3O6/c1-16(2)9-10-19-25(5,35-19)22-21(32-8)18(11-12-26(22)15-33-26)34-24(31)28-20(17(3)4)23(30)27-13-14-29(6)7/h9,17-22H,10-15H2,1-8H3,(H,27,30)(H,28,31)/t18-,19-,20-,21-,22-,25?,26+/m1/s1. The molecule has 9 nitrogen and oxygen atoms in total. The topological polar surface area (TPSA) is 105 Å². The molecule has 200 valence electrons. The van der Waals surface area contributed by atoms with Crippen LogP contribution in [0.25, 0.3) is 0 Å². The fraction of sp³-hybridized carbons (Fsp3) is 0.846. The van der Waals surface area contributed by atoms with E-state index in [2.05, 4.69) is 37.5 Å². The summed E-state index contributed by atoms with van der Waals surface area (Å²) >= 11 is 0. The number of rotatable bonds is 11. The number of likely N-dealkylation sites (N-methyl/N-ethyl adjacent to an activating group) is 1. The van der Waals surface area contributed by atoms with Gasteiger partial charge in [0.25, 0.3) is 0 Å². The monoisotopic (exact) mass is 495 g/mol. The summed E-state index contributed by atoms with van der Waals surface area (Å²) in [7, 11) is 5.54. The zero-order valence-corrected chi connectivity index (χ0v) is 22.7. The molecule has 1 unspecified atom stereocenters. The quantitative estimate of drug-likeness (QED) is 0.335. The van der Waals surface area contributed by atoms with Crippen molar-refractivity contribution in [3.8, 4) is 0 Å². The van der Waals surface area contributed by atoms with Gasteiger partial charge in [0.05, 0.1) is 18.6 Å². The average Bonchev–Trinajstić information content (AvgIpc) is 3.68. The third-order valence-corrected chi connectivity index (χ3v) is 7.58. The lowest BCUT2D eigenvalue weighted by Gasteiger charge is -2.42. The molecule has 0 aromatic heterocycles. The molecule has 3 fully saturated rings. The number of epoxide rings is 2. The Bertz CT molecular complexity index is 792. The van der Waals surface area contributed by atoms with E-state index in [0.29, 0.717) is 19.6 Å². The van der Waals surface area contributed by atoms with E-state index in [4.69, 9.17) is 18.9 Å². The molecule has 3 aliphatic rings. The summed E-state index contributed by atoms with van der Waals surface area (Å²) in [4.78, 5) is 27.6. The summed E-state index contributed by atoms with van der Waals surface area (Å²) in [6, 6.07) is -0.680. The van der Waals surface area contributed by atoms with Crippen LogP contribution in [0.1, 0.15) is 53.9 Å². The largest absolute Gasteiger partial charge is 0.443 e. The van der Waals surface area contributed by atoms with Gasteiger partial charge in [0.15, 0.2) is 0 Å². The summed E-state index contributed by atoms with van der Waals surface area (Å²) in [6.07, 6.45) is 3.13. The molecule has 0 bridgehead atoms. The van der Waals surface area contributed by atoms with E-state index in [0.717, 1.165) is 19.4 Å². The van der Waals surface area contributed by atoms with Crippen LogP contribution in [0.5, 0.6) is 0 Å². The fourth-order valence-electron chi connectivity index (χ4n) is 5.42. The maximum absolute atomic E-state index is 12.9. The minimum absolute atomic E-state index is 0.0441. The molecule has 35 heavy (non-hydrogen) atoms. The number of allylic oxidation sites excluding steroid dienone is 1. The molecule has 2 amide bonds. The molecule has 7 atom stereocenters. The number of carbonyl (C=O) groups is 2. The van der Waals surface area contributed by atoms with Crippen molar-refractivity contribution in [2.45, 2.75) is 89.4 Å². The van der Waals surface area contributed by atoms with Crippen LogP contribution in [0.4, 0.5) is 4.79 Å². The number of alkyl carbamates (subject to hydrolysis) is 1. The van der Waals surface area contributed by atoms with E-state index in [-0.39, 0.29) is 35.6 Å². The van der Waals surface area contributed by atoms with Crippen molar-refractivity contribution in [1.82, 2.24) is 15.5 Å². The maximum Gasteiger partial charge on any atom is 0.408 e. The van der Waals surface area contributed by atoms with Gasteiger partial charge in [-0.1, -0.05) is 25.5 Å². The fourth-order valence-corrected chi connectivity index (χ4v) is 5.42. The second kappa shape index (κ2) is 11.2. The van der Waals surface area contributed by atoms with E-state index >= 15 is 0 Å². The van der Waals surface area contributed by atoms with Crippen LogP contribution < -0.4 is 10.6 Å². The van der Waals surface area contributed by atoms with Crippen LogP contribution in [0.2, 0.25) is 0 Å². The van der Waals surface area contributed by atoms with Gasteiger partial charge in [-0.25, -0.2) is 4.79 Å². The Balaban J connectivity index is 1.64. The number of hydrogen-bond donors (Lipinski definition) is 2. The third-order valence-electron chi connectivity index (χ3n) is 7.58. The Morgan fingerprint density at radius 3 is 2.49 bits per heavy atom. The number of amides is 2. The van der Waals surface area contributed by atoms with E-state index < -0.39 is 23.8 Å². The van der Waals surface area contributed by atoms with Gasteiger partial charge in [-0.15, -0.1) is 0 Å². The normalized spacial score (nSPS) is 34.5. The van der Waals surface area contributed by atoms with Crippen LogP contribution in [0.15, 0.2) is 11.6 Å². The highest BCUT2D eigenvalue weighted by Gasteiger charge is 2.72. The van der Waals surface area contributed by atoms with Gasteiger partial charge in [0, 0.05) is 20.2 Å². The molecular weight excluding hydrogens is 450 g/mol. The van der Waals surface area contributed by atoms with Crippen molar-refractivity contribution in [3.05, 3.63) is 11.6 Å². The lowest BCUT2D eigenvalue weighted by molar-refractivity contribution is -0.125. The highest BCUT2D eigenvalue weighted by Crippen LogP contribution is 2.59. The van der Waals surface area contributed by atoms with Crippen LogP contribution in [0, 0.1) is 11.8 Å². The maximum atomic E-state index is 12.9. The second-order valence-corrected chi connectivity index (χ2v) is 11.3. The SMILES string of the molecule is CO[C@H]1[C@H](C2(C)O[C@@H]2CC=C(C)C)[C@]2(CC[C@H]1OC(=O)N[C@@H](C(=O)NCCN(C)C)C(C)C)CO2. The summed E-state index contributed by atoms with van der Waals surface area (Å²) in [5, 5.41) is 5.67. The smallest absolute Gasteiger partial charge is 0.408 e. The van der Waals surface area contributed by atoms with Crippen molar-refractivity contribution >= 4 is 12.0 Å². The summed E-state index contributed by atoms with van der Waals surface area (Å²) in [6.45, 7) is 12.0. The number of carbonyl (C=O) groups excluding carboxylic acids is 2. The van der Waals surface area contributed by atoms with Crippen molar-refractivity contribution in [2.75, 3.05) is 40.9 Å². The Hall–Kier alpha value is -1.68. The molecule has 2 saturated heterocycles. The minimum atomic E-state index is -0.680. The zero-order chi connectivity index (χ0) is 26.0. The second-order valence-electron chi connectivity index (χ2n) is 11.3. The van der Waals surface area contributed by atoms with Crippen LogP contribution >= 0.6 is 0 Å². The van der Waals surface area contributed by atoms with E-state index in [9.17, 15) is 9.59 Å². The van der Waals surface area contributed by atoms with Crippen molar-refractivity contribution in [3.63, 3.8) is 0 Å². The van der Waals surface area contributed by atoms with Gasteiger partial charge in [-0.05, 0) is 60.0 Å². The first-order valence-electron chi connectivity index (χ1n) is 12.8. The Morgan fingerprint density at radius 2 is 1.94 bits per heavy atom. The highest BCUT2D eigenvalue weighted by atomic mass is 16.6.